The molecule has 2 rings (SSSR count). The first-order chi connectivity index (χ1) is 10.8. The number of halogens is 3. The lowest BCUT2D eigenvalue weighted by atomic mass is 9.97. The molecule has 124 valence electrons. The summed E-state index contributed by atoms with van der Waals surface area (Å²) in [6, 6.07) is 9.22. The van der Waals surface area contributed by atoms with E-state index in [2.05, 4.69) is 24.1 Å². The van der Waals surface area contributed by atoms with Crippen LogP contribution in [0.15, 0.2) is 42.6 Å². The average molecular weight is 322 g/mol. The third kappa shape index (κ3) is 4.55. The molecule has 0 aliphatic heterocycles. The lowest BCUT2D eigenvalue weighted by Gasteiger charge is -2.23. The number of nitrogens with one attached hydrogen (secondary N) is 1. The molecule has 0 aliphatic rings. The number of alkyl halides is 3. The lowest BCUT2D eigenvalue weighted by Crippen LogP contribution is -2.27. The van der Waals surface area contributed by atoms with Gasteiger partial charge in [0, 0.05) is 12.7 Å². The van der Waals surface area contributed by atoms with Gasteiger partial charge in [-0.3, -0.25) is 4.98 Å². The number of nitrogens with zero attached hydrogens (tertiary/aromatic N) is 1. The van der Waals surface area contributed by atoms with Gasteiger partial charge in [0.25, 0.3) is 0 Å². The SMILES string of the molecule is Cc1cccnc1C(NCc1ccc(C(F)(F)F)cc1)C(C)C. The number of hydrogen-bond acceptors (Lipinski definition) is 2. The van der Waals surface area contributed by atoms with Crippen LogP contribution in [0.2, 0.25) is 0 Å². The fourth-order valence-electron chi connectivity index (χ4n) is 2.51. The van der Waals surface area contributed by atoms with Crippen molar-refractivity contribution in [2.45, 2.75) is 39.5 Å². The Morgan fingerprint density at radius 1 is 1.09 bits per heavy atom. The van der Waals surface area contributed by atoms with Crippen molar-refractivity contribution in [3.8, 4) is 0 Å². The van der Waals surface area contributed by atoms with Crippen molar-refractivity contribution in [1.82, 2.24) is 10.3 Å². The molecule has 0 spiro atoms. The predicted octanol–water partition coefficient (Wildman–Crippen LogP) is 4.90. The Hall–Kier alpha value is -1.88. The summed E-state index contributed by atoms with van der Waals surface area (Å²) in [5.41, 5.74) is 2.28. The summed E-state index contributed by atoms with van der Waals surface area (Å²) < 4.78 is 37.7. The van der Waals surface area contributed by atoms with E-state index < -0.39 is 11.7 Å². The van der Waals surface area contributed by atoms with Gasteiger partial charge in [-0.25, -0.2) is 0 Å². The van der Waals surface area contributed by atoms with Crippen LogP contribution in [0.4, 0.5) is 13.2 Å². The zero-order valence-electron chi connectivity index (χ0n) is 13.5. The zero-order chi connectivity index (χ0) is 17.0. The first-order valence-corrected chi connectivity index (χ1v) is 7.60. The summed E-state index contributed by atoms with van der Waals surface area (Å²) in [4.78, 5) is 4.45. The maximum absolute atomic E-state index is 12.6. The van der Waals surface area contributed by atoms with Gasteiger partial charge in [-0.1, -0.05) is 32.0 Å². The Kier molecular flexibility index (Phi) is 5.42. The van der Waals surface area contributed by atoms with Crippen LogP contribution in [0, 0.1) is 12.8 Å². The van der Waals surface area contributed by atoms with Crippen LogP contribution < -0.4 is 5.32 Å². The topological polar surface area (TPSA) is 24.9 Å². The second-order valence-electron chi connectivity index (χ2n) is 6.00. The molecule has 0 radical (unpaired) electrons. The molecule has 0 aliphatic carbocycles. The minimum Gasteiger partial charge on any atom is -0.304 e. The van der Waals surface area contributed by atoms with Crippen LogP contribution >= 0.6 is 0 Å². The molecule has 1 heterocycles. The number of pyridine rings is 1. The minimum absolute atomic E-state index is 0.0542. The molecule has 0 saturated carbocycles. The second kappa shape index (κ2) is 7.13. The summed E-state index contributed by atoms with van der Waals surface area (Å²) in [5, 5.41) is 3.41. The molecule has 0 saturated heterocycles. The minimum atomic E-state index is -4.29. The molecule has 0 fully saturated rings. The van der Waals surface area contributed by atoms with E-state index in [9.17, 15) is 13.2 Å². The van der Waals surface area contributed by atoms with E-state index in [-0.39, 0.29) is 6.04 Å². The van der Waals surface area contributed by atoms with Gasteiger partial charge in [0.15, 0.2) is 0 Å². The van der Waals surface area contributed by atoms with E-state index in [0.29, 0.717) is 12.5 Å². The molecule has 0 amide bonds. The number of rotatable bonds is 5. The monoisotopic (exact) mass is 322 g/mol. The molecule has 23 heavy (non-hydrogen) atoms. The van der Waals surface area contributed by atoms with Gasteiger partial charge >= 0.3 is 6.18 Å². The molecule has 1 unspecified atom stereocenters. The van der Waals surface area contributed by atoms with E-state index in [1.54, 1.807) is 6.20 Å². The van der Waals surface area contributed by atoms with Crippen molar-refractivity contribution >= 4 is 0 Å². The number of aryl methyl sites for hydroxylation is 1. The molecule has 1 atom stereocenters. The van der Waals surface area contributed by atoms with E-state index in [0.717, 1.165) is 29.0 Å². The Morgan fingerprint density at radius 3 is 2.26 bits per heavy atom. The molecule has 0 bridgehead atoms. The summed E-state index contributed by atoms with van der Waals surface area (Å²) >= 11 is 0. The standard InChI is InChI=1S/C18H21F3N2/c1-12(2)16(17-13(3)5-4-10-22-17)23-11-14-6-8-15(9-7-14)18(19,20)21/h4-10,12,16,23H,11H2,1-3H3. The fourth-order valence-corrected chi connectivity index (χ4v) is 2.51. The summed E-state index contributed by atoms with van der Waals surface area (Å²) in [6.45, 7) is 6.70. The Morgan fingerprint density at radius 2 is 1.74 bits per heavy atom. The third-order valence-electron chi connectivity index (χ3n) is 3.82. The summed E-state index contributed by atoms with van der Waals surface area (Å²) in [6.07, 6.45) is -2.53. The molecule has 1 aromatic heterocycles. The van der Waals surface area contributed by atoms with Gasteiger partial charge < -0.3 is 5.32 Å². The molecule has 5 heteroatoms. The quantitative estimate of drug-likeness (QED) is 0.847. The van der Waals surface area contributed by atoms with E-state index in [1.807, 2.05) is 19.1 Å². The van der Waals surface area contributed by atoms with Crippen LogP contribution in [0.5, 0.6) is 0 Å². The summed E-state index contributed by atoms with van der Waals surface area (Å²) in [7, 11) is 0. The maximum Gasteiger partial charge on any atom is 0.416 e. The highest BCUT2D eigenvalue weighted by Gasteiger charge is 2.30. The van der Waals surface area contributed by atoms with Crippen molar-refractivity contribution in [3.05, 3.63) is 65.0 Å². The highest BCUT2D eigenvalue weighted by Crippen LogP contribution is 2.29. The first kappa shape index (κ1) is 17.5. The molecule has 2 aromatic rings. The van der Waals surface area contributed by atoms with Crippen molar-refractivity contribution in [3.63, 3.8) is 0 Å². The smallest absolute Gasteiger partial charge is 0.304 e. The van der Waals surface area contributed by atoms with E-state index in [4.69, 9.17) is 0 Å². The number of hydrogen-bond donors (Lipinski definition) is 1. The molecule has 1 aromatic carbocycles. The van der Waals surface area contributed by atoms with Crippen molar-refractivity contribution in [2.24, 2.45) is 5.92 Å². The molecular weight excluding hydrogens is 301 g/mol. The second-order valence-corrected chi connectivity index (χ2v) is 6.00. The van der Waals surface area contributed by atoms with E-state index in [1.165, 1.54) is 12.1 Å². The van der Waals surface area contributed by atoms with Crippen LogP contribution in [0.3, 0.4) is 0 Å². The van der Waals surface area contributed by atoms with Crippen LogP contribution in [-0.4, -0.2) is 4.98 Å². The number of aromatic nitrogens is 1. The largest absolute Gasteiger partial charge is 0.416 e. The molecule has 2 nitrogen and oxygen atoms in total. The Balaban J connectivity index is 2.09. The van der Waals surface area contributed by atoms with Gasteiger partial charge in [-0.15, -0.1) is 0 Å². The fraction of sp³-hybridized carbons (Fsp3) is 0.389. The first-order valence-electron chi connectivity index (χ1n) is 7.60. The van der Waals surface area contributed by atoms with Gasteiger partial charge in [-0.05, 0) is 42.2 Å². The van der Waals surface area contributed by atoms with Gasteiger partial charge in [0.1, 0.15) is 0 Å². The Labute approximate surface area is 134 Å². The average Bonchev–Trinajstić information content (AvgIpc) is 2.48. The van der Waals surface area contributed by atoms with Crippen molar-refractivity contribution < 1.29 is 13.2 Å². The van der Waals surface area contributed by atoms with Crippen LogP contribution in [-0.2, 0) is 12.7 Å². The maximum atomic E-state index is 12.6. The lowest BCUT2D eigenvalue weighted by molar-refractivity contribution is -0.137. The zero-order valence-corrected chi connectivity index (χ0v) is 13.5. The summed E-state index contributed by atoms with van der Waals surface area (Å²) in [5.74, 6) is 0.318. The van der Waals surface area contributed by atoms with Gasteiger partial charge in [0.05, 0.1) is 17.3 Å². The van der Waals surface area contributed by atoms with Crippen LogP contribution in [0.25, 0.3) is 0 Å². The normalized spacial score (nSPS) is 13.3. The highest BCUT2D eigenvalue weighted by molar-refractivity contribution is 5.25. The van der Waals surface area contributed by atoms with Crippen molar-refractivity contribution in [1.29, 1.82) is 0 Å². The highest BCUT2D eigenvalue weighted by atomic mass is 19.4. The molecular formula is C18H21F3N2. The van der Waals surface area contributed by atoms with E-state index >= 15 is 0 Å². The number of benzene rings is 1. The molecule has 1 N–H and O–H groups in total. The van der Waals surface area contributed by atoms with Crippen LogP contribution in [0.1, 0.15) is 42.3 Å². The van der Waals surface area contributed by atoms with Gasteiger partial charge in [0.2, 0.25) is 0 Å². The van der Waals surface area contributed by atoms with Gasteiger partial charge in [-0.2, -0.15) is 13.2 Å². The van der Waals surface area contributed by atoms with Crippen molar-refractivity contribution in [2.75, 3.05) is 0 Å². The third-order valence-corrected chi connectivity index (χ3v) is 3.82. The predicted molar refractivity (Wildman–Crippen MR) is 84.8 cm³/mol. The Bertz CT molecular complexity index is 633.